The van der Waals surface area contributed by atoms with Crippen molar-refractivity contribution in [1.82, 2.24) is 5.32 Å². The Morgan fingerprint density at radius 2 is 2.33 bits per heavy atom. The molecule has 1 aromatic rings. The summed E-state index contributed by atoms with van der Waals surface area (Å²) in [6.07, 6.45) is 2.59. The third-order valence-corrected chi connectivity index (χ3v) is 4.96. The van der Waals surface area contributed by atoms with Gasteiger partial charge in [0.2, 0.25) is 0 Å². The SMILES string of the molecule is COc1cccc(CNCC2(C)CCCS2)c1O. The molecule has 1 aromatic carbocycles. The van der Waals surface area contributed by atoms with E-state index in [1.807, 2.05) is 23.9 Å². The Labute approximate surface area is 113 Å². The van der Waals surface area contributed by atoms with Crippen LogP contribution in [0.5, 0.6) is 11.5 Å². The standard InChI is InChI=1S/C14H21NO2S/c1-14(7-4-8-18-14)10-15-9-11-5-3-6-12(17-2)13(11)16/h3,5-6,15-16H,4,7-10H2,1-2H3. The molecule has 0 spiro atoms. The van der Waals surface area contributed by atoms with E-state index in [0.29, 0.717) is 17.0 Å². The smallest absolute Gasteiger partial charge is 0.162 e. The first-order valence-corrected chi connectivity index (χ1v) is 7.33. The number of para-hydroxylation sites is 1. The number of rotatable bonds is 5. The number of benzene rings is 1. The molecule has 0 saturated carbocycles. The second-order valence-electron chi connectivity index (χ2n) is 4.97. The number of nitrogens with one attached hydrogen (secondary N) is 1. The van der Waals surface area contributed by atoms with Gasteiger partial charge in [0.25, 0.3) is 0 Å². The molecule has 1 heterocycles. The maximum atomic E-state index is 9.97. The first-order valence-electron chi connectivity index (χ1n) is 6.34. The molecule has 1 aliphatic rings. The molecule has 0 amide bonds. The summed E-state index contributed by atoms with van der Waals surface area (Å²) in [5, 5.41) is 13.4. The molecule has 4 heteroatoms. The molecule has 100 valence electrons. The van der Waals surface area contributed by atoms with Crippen molar-refractivity contribution in [3.63, 3.8) is 0 Å². The van der Waals surface area contributed by atoms with E-state index in [4.69, 9.17) is 4.74 Å². The number of aromatic hydroxyl groups is 1. The van der Waals surface area contributed by atoms with Gasteiger partial charge in [-0.15, -0.1) is 0 Å². The summed E-state index contributed by atoms with van der Waals surface area (Å²) in [5.74, 6) is 2.05. The Hall–Kier alpha value is -0.870. The highest BCUT2D eigenvalue weighted by Crippen LogP contribution is 2.37. The van der Waals surface area contributed by atoms with Crippen LogP contribution in [-0.4, -0.2) is 29.3 Å². The number of phenols is 1. The highest BCUT2D eigenvalue weighted by molar-refractivity contribution is 8.00. The van der Waals surface area contributed by atoms with Crippen LogP contribution in [0.1, 0.15) is 25.3 Å². The van der Waals surface area contributed by atoms with E-state index in [9.17, 15) is 5.11 Å². The van der Waals surface area contributed by atoms with E-state index >= 15 is 0 Å². The zero-order chi connectivity index (χ0) is 13.0. The lowest BCUT2D eigenvalue weighted by atomic mass is 10.1. The van der Waals surface area contributed by atoms with Crippen molar-refractivity contribution >= 4 is 11.8 Å². The average Bonchev–Trinajstić information content (AvgIpc) is 2.79. The Morgan fingerprint density at radius 1 is 1.50 bits per heavy atom. The third kappa shape index (κ3) is 3.12. The first-order chi connectivity index (χ1) is 8.64. The molecule has 2 N–H and O–H groups in total. The number of thioether (sulfide) groups is 1. The summed E-state index contributed by atoms with van der Waals surface area (Å²) in [6, 6.07) is 5.60. The van der Waals surface area contributed by atoms with Crippen LogP contribution in [0.15, 0.2) is 18.2 Å². The van der Waals surface area contributed by atoms with Crippen LogP contribution < -0.4 is 10.1 Å². The van der Waals surface area contributed by atoms with Gasteiger partial charge in [0.1, 0.15) is 0 Å². The van der Waals surface area contributed by atoms with E-state index < -0.39 is 0 Å². The quantitative estimate of drug-likeness (QED) is 0.861. The summed E-state index contributed by atoms with van der Waals surface area (Å²) >= 11 is 2.04. The Morgan fingerprint density at radius 3 is 3.00 bits per heavy atom. The number of hydrogen-bond donors (Lipinski definition) is 2. The lowest BCUT2D eigenvalue weighted by Crippen LogP contribution is -2.32. The topological polar surface area (TPSA) is 41.5 Å². The number of phenolic OH excluding ortho intramolecular Hbond substituents is 1. The fourth-order valence-corrected chi connectivity index (χ4v) is 3.59. The fourth-order valence-electron chi connectivity index (χ4n) is 2.31. The van der Waals surface area contributed by atoms with Crippen LogP contribution in [0, 0.1) is 0 Å². The molecule has 3 nitrogen and oxygen atoms in total. The number of methoxy groups -OCH3 is 1. The third-order valence-electron chi connectivity index (χ3n) is 3.42. The second-order valence-corrected chi connectivity index (χ2v) is 6.66. The van der Waals surface area contributed by atoms with Crippen molar-refractivity contribution in [3.05, 3.63) is 23.8 Å². The van der Waals surface area contributed by atoms with E-state index in [1.165, 1.54) is 18.6 Å². The van der Waals surface area contributed by atoms with Gasteiger partial charge in [-0.25, -0.2) is 0 Å². The summed E-state index contributed by atoms with van der Waals surface area (Å²) in [7, 11) is 1.57. The summed E-state index contributed by atoms with van der Waals surface area (Å²) in [6.45, 7) is 3.97. The van der Waals surface area contributed by atoms with Crippen molar-refractivity contribution in [2.75, 3.05) is 19.4 Å². The van der Waals surface area contributed by atoms with Crippen molar-refractivity contribution in [3.8, 4) is 11.5 Å². The van der Waals surface area contributed by atoms with Gasteiger partial charge in [-0.1, -0.05) is 12.1 Å². The van der Waals surface area contributed by atoms with Crippen molar-refractivity contribution in [2.45, 2.75) is 31.1 Å². The van der Waals surface area contributed by atoms with Crippen LogP contribution in [-0.2, 0) is 6.54 Å². The summed E-state index contributed by atoms with van der Waals surface area (Å²) in [5.41, 5.74) is 0.890. The summed E-state index contributed by atoms with van der Waals surface area (Å²) < 4.78 is 5.46. The molecule has 1 aliphatic heterocycles. The molecule has 0 aromatic heterocycles. The predicted molar refractivity (Wildman–Crippen MR) is 76.5 cm³/mol. The van der Waals surface area contributed by atoms with Crippen LogP contribution >= 0.6 is 11.8 Å². The zero-order valence-electron chi connectivity index (χ0n) is 11.0. The van der Waals surface area contributed by atoms with Crippen molar-refractivity contribution in [1.29, 1.82) is 0 Å². The molecular formula is C14H21NO2S. The maximum Gasteiger partial charge on any atom is 0.162 e. The largest absolute Gasteiger partial charge is 0.504 e. The molecule has 2 rings (SSSR count). The Balaban J connectivity index is 1.90. The monoisotopic (exact) mass is 267 g/mol. The lowest BCUT2D eigenvalue weighted by Gasteiger charge is -2.23. The average molecular weight is 267 g/mol. The van der Waals surface area contributed by atoms with Gasteiger partial charge in [-0.3, -0.25) is 0 Å². The molecule has 1 unspecified atom stereocenters. The summed E-state index contributed by atoms with van der Waals surface area (Å²) in [4.78, 5) is 0. The number of ether oxygens (including phenoxy) is 1. The number of hydrogen-bond acceptors (Lipinski definition) is 4. The maximum absolute atomic E-state index is 9.97. The molecule has 18 heavy (non-hydrogen) atoms. The molecule has 1 fully saturated rings. The first kappa shape index (κ1) is 13.6. The van der Waals surface area contributed by atoms with Crippen molar-refractivity contribution in [2.24, 2.45) is 0 Å². The van der Waals surface area contributed by atoms with Gasteiger partial charge in [0.05, 0.1) is 7.11 Å². The van der Waals surface area contributed by atoms with E-state index in [1.54, 1.807) is 13.2 Å². The second kappa shape index (κ2) is 5.85. The molecule has 0 bridgehead atoms. The van der Waals surface area contributed by atoms with E-state index in [-0.39, 0.29) is 5.75 Å². The minimum Gasteiger partial charge on any atom is -0.504 e. The minimum atomic E-state index is 0.247. The molecular weight excluding hydrogens is 246 g/mol. The Kier molecular flexibility index (Phi) is 4.40. The highest BCUT2D eigenvalue weighted by Gasteiger charge is 2.28. The fraction of sp³-hybridized carbons (Fsp3) is 0.571. The van der Waals surface area contributed by atoms with Crippen molar-refractivity contribution < 1.29 is 9.84 Å². The predicted octanol–water partition coefficient (Wildman–Crippen LogP) is 2.78. The van der Waals surface area contributed by atoms with Gasteiger partial charge < -0.3 is 15.2 Å². The van der Waals surface area contributed by atoms with Gasteiger partial charge in [0, 0.05) is 23.4 Å². The van der Waals surface area contributed by atoms with Crippen LogP contribution in [0.25, 0.3) is 0 Å². The molecule has 0 radical (unpaired) electrons. The van der Waals surface area contributed by atoms with Gasteiger partial charge in [-0.05, 0) is 31.6 Å². The molecule has 1 atom stereocenters. The minimum absolute atomic E-state index is 0.247. The van der Waals surface area contributed by atoms with E-state index in [0.717, 1.165) is 12.1 Å². The van der Waals surface area contributed by atoms with Gasteiger partial charge in [-0.2, -0.15) is 11.8 Å². The zero-order valence-corrected chi connectivity index (χ0v) is 11.8. The normalized spacial score (nSPS) is 23.2. The van der Waals surface area contributed by atoms with Crippen LogP contribution in [0.3, 0.4) is 0 Å². The lowest BCUT2D eigenvalue weighted by molar-refractivity contribution is 0.369. The van der Waals surface area contributed by atoms with Crippen LogP contribution in [0.4, 0.5) is 0 Å². The van der Waals surface area contributed by atoms with Gasteiger partial charge in [0.15, 0.2) is 11.5 Å². The molecule has 1 saturated heterocycles. The highest BCUT2D eigenvalue weighted by atomic mass is 32.2. The van der Waals surface area contributed by atoms with Gasteiger partial charge >= 0.3 is 0 Å². The Bertz CT molecular complexity index is 403. The van der Waals surface area contributed by atoms with Crippen LogP contribution in [0.2, 0.25) is 0 Å². The van der Waals surface area contributed by atoms with E-state index in [2.05, 4.69) is 12.2 Å². The molecule has 0 aliphatic carbocycles.